The number of anilines is 1. The Hall–Kier alpha value is -4.24. The largest absolute Gasteiger partial charge is 0.322 e. The molecule has 0 fully saturated rings. The van der Waals surface area contributed by atoms with Gasteiger partial charge in [-0.25, -0.2) is 4.98 Å². The number of amides is 1. The van der Waals surface area contributed by atoms with Crippen LogP contribution in [0, 0.1) is 11.3 Å². The number of nitrogens with one attached hydrogen (secondary N) is 1. The highest BCUT2D eigenvalue weighted by Gasteiger charge is 2.31. The fourth-order valence-corrected chi connectivity index (χ4v) is 5.28. The number of benzene rings is 1. The van der Waals surface area contributed by atoms with Crippen LogP contribution >= 0.6 is 0 Å². The van der Waals surface area contributed by atoms with E-state index in [-0.39, 0.29) is 23.8 Å². The van der Waals surface area contributed by atoms with Crippen molar-refractivity contribution in [3.63, 3.8) is 0 Å². The van der Waals surface area contributed by atoms with Crippen LogP contribution in [-0.4, -0.2) is 20.4 Å². The molecule has 0 bridgehead atoms. The van der Waals surface area contributed by atoms with Crippen LogP contribution in [0.3, 0.4) is 0 Å². The summed E-state index contributed by atoms with van der Waals surface area (Å²) in [4.78, 5) is 21.9. The predicted molar refractivity (Wildman–Crippen MR) is 147 cm³/mol. The van der Waals surface area contributed by atoms with Crippen molar-refractivity contribution in [2.24, 2.45) is 0 Å². The molecule has 1 atom stereocenters. The molecule has 0 saturated carbocycles. The molecule has 1 aromatic carbocycles. The average molecular weight is 490 g/mol. The molecule has 5 rings (SSSR count). The molecule has 186 valence electrons. The molecule has 37 heavy (non-hydrogen) atoms. The van der Waals surface area contributed by atoms with Crippen molar-refractivity contribution in [3.05, 3.63) is 94.6 Å². The highest BCUT2D eigenvalue weighted by molar-refractivity contribution is 6.03. The molecule has 6 heteroatoms. The molecular weight excluding hydrogens is 458 g/mol. The predicted octanol–water partition coefficient (Wildman–Crippen LogP) is 6.74. The molecule has 1 aliphatic rings. The molecule has 4 aromatic rings. The number of fused-ring (bicyclic) bond motifs is 2. The van der Waals surface area contributed by atoms with E-state index in [4.69, 9.17) is 4.98 Å². The standard InChI is InChI=1S/C31H31N5O/c1-19(2)24-17-26(20(3)4)35-31-30(24)25(18-32)28(11-12-29(37)34-22-13-15-33-16-14-22)36(31)27-10-9-21-7-5-6-8-23(21)27/h5-8,11-17,19-20,27H,9-10H2,1-4H3,(H,33,34,37)/b12-11+. The molecular formula is C31H31N5O. The van der Waals surface area contributed by atoms with Gasteiger partial charge in [-0.2, -0.15) is 5.26 Å². The maximum Gasteiger partial charge on any atom is 0.248 e. The minimum atomic E-state index is -0.265. The Labute approximate surface area is 217 Å². The first-order valence-electron chi connectivity index (χ1n) is 12.8. The third kappa shape index (κ3) is 4.53. The highest BCUT2D eigenvalue weighted by atomic mass is 16.1. The summed E-state index contributed by atoms with van der Waals surface area (Å²) in [5, 5.41) is 14.2. The summed E-state index contributed by atoms with van der Waals surface area (Å²) in [5.74, 6) is 0.198. The van der Waals surface area contributed by atoms with Gasteiger partial charge < -0.3 is 9.88 Å². The summed E-state index contributed by atoms with van der Waals surface area (Å²) < 4.78 is 2.20. The Morgan fingerprint density at radius 2 is 1.89 bits per heavy atom. The minimum Gasteiger partial charge on any atom is -0.322 e. The normalized spacial score (nSPS) is 15.0. The fourth-order valence-electron chi connectivity index (χ4n) is 5.28. The number of aryl methyl sites for hydroxylation is 1. The first-order chi connectivity index (χ1) is 17.9. The van der Waals surface area contributed by atoms with Gasteiger partial charge in [0.05, 0.1) is 17.3 Å². The van der Waals surface area contributed by atoms with Crippen LogP contribution in [0.25, 0.3) is 17.1 Å². The second-order valence-electron chi connectivity index (χ2n) is 10.2. The molecule has 0 spiro atoms. The lowest BCUT2D eigenvalue weighted by atomic mass is 9.95. The quantitative estimate of drug-likeness (QED) is 0.304. The van der Waals surface area contributed by atoms with Crippen LogP contribution in [0.4, 0.5) is 5.69 Å². The molecule has 1 unspecified atom stereocenters. The average Bonchev–Trinajstić information content (AvgIpc) is 3.45. The monoisotopic (exact) mass is 489 g/mol. The summed E-state index contributed by atoms with van der Waals surface area (Å²) >= 11 is 0. The molecule has 0 aliphatic heterocycles. The van der Waals surface area contributed by atoms with Crippen LogP contribution in [0.1, 0.15) is 85.6 Å². The molecule has 0 saturated heterocycles. The van der Waals surface area contributed by atoms with Crippen LogP contribution in [0.2, 0.25) is 0 Å². The number of nitrogens with zero attached hydrogens (tertiary/aromatic N) is 4. The van der Waals surface area contributed by atoms with E-state index >= 15 is 0 Å². The van der Waals surface area contributed by atoms with Gasteiger partial charge >= 0.3 is 0 Å². The van der Waals surface area contributed by atoms with Crippen molar-refractivity contribution in [1.82, 2.24) is 14.5 Å². The molecule has 1 aliphatic carbocycles. The van der Waals surface area contributed by atoms with Crippen molar-refractivity contribution >= 4 is 28.7 Å². The maximum absolute atomic E-state index is 12.8. The number of carbonyl (C=O) groups excluding carboxylic acids is 1. The zero-order chi connectivity index (χ0) is 26.1. The number of aromatic nitrogens is 3. The van der Waals surface area contributed by atoms with E-state index in [1.54, 1.807) is 30.6 Å². The molecule has 3 heterocycles. The van der Waals surface area contributed by atoms with Crippen LogP contribution in [0.15, 0.2) is 60.9 Å². The minimum absolute atomic E-state index is 0.0404. The topological polar surface area (TPSA) is 83.6 Å². The van der Waals surface area contributed by atoms with Gasteiger partial charge in [0.2, 0.25) is 5.91 Å². The van der Waals surface area contributed by atoms with Crippen molar-refractivity contribution in [2.75, 3.05) is 5.32 Å². The van der Waals surface area contributed by atoms with Crippen molar-refractivity contribution in [1.29, 1.82) is 5.26 Å². The van der Waals surface area contributed by atoms with E-state index in [1.165, 1.54) is 17.2 Å². The fraction of sp³-hybridized carbons (Fsp3) is 0.290. The summed E-state index contributed by atoms with van der Waals surface area (Å²) in [6.07, 6.45) is 8.43. The van der Waals surface area contributed by atoms with Gasteiger partial charge in [0.25, 0.3) is 0 Å². The van der Waals surface area contributed by atoms with Crippen LogP contribution in [-0.2, 0) is 11.2 Å². The highest BCUT2D eigenvalue weighted by Crippen LogP contribution is 2.42. The first kappa shape index (κ1) is 24.5. The van der Waals surface area contributed by atoms with Crippen LogP contribution in [0.5, 0.6) is 0 Å². The van der Waals surface area contributed by atoms with Crippen molar-refractivity contribution in [2.45, 2.75) is 58.4 Å². The van der Waals surface area contributed by atoms with E-state index in [2.05, 4.69) is 79.0 Å². The van der Waals surface area contributed by atoms with Gasteiger partial charge in [0, 0.05) is 35.2 Å². The lowest BCUT2D eigenvalue weighted by molar-refractivity contribution is -0.111. The number of nitriles is 1. The third-order valence-electron chi connectivity index (χ3n) is 7.12. The van der Waals surface area contributed by atoms with E-state index in [0.717, 1.165) is 40.8 Å². The van der Waals surface area contributed by atoms with Crippen molar-refractivity contribution in [3.8, 4) is 6.07 Å². The van der Waals surface area contributed by atoms with Crippen molar-refractivity contribution < 1.29 is 4.79 Å². The second-order valence-corrected chi connectivity index (χ2v) is 10.2. The molecule has 6 nitrogen and oxygen atoms in total. The van der Waals surface area contributed by atoms with E-state index in [9.17, 15) is 10.1 Å². The molecule has 3 aromatic heterocycles. The third-order valence-corrected chi connectivity index (χ3v) is 7.12. The van der Waals surface area contributed by atoms with Gasteiger partial charge in [-0.15, -0.1) is 0 Å². The van der Waals surface area contributed by atoms with Gasteiger partial charge in [-0.1, -0.05) is 52.0 Å². The number of pyridine rings is 2. The Kier molecular flexibility index (Phi) is 6.62. The lowest BCUT2D eigenvalue weighted by Gasteiger charge is -2.19. The van der Waals surface area contributed by atoms with E-state index in [1.807, 2.05) is 0 Å². The van der Waals surface area contributed by atoms with Gasteiger partial charge in [-0.3, -0.25) is 9.78 Å². The summed E-state index contributed by atoms with van der Waals surface area (Å²) in [6.45, 7) is 8.59. The first-order valence-corrected chi connectivity index (χ1v) is 12.8. The van der Waals surface area contributed by atoms with Gasteiger partial charge in [0.1, 0.15) is 11.7 Å². The van der Waals surface area contributed by atoms with Crippen LogP contribution < -0.4 is 5.32 Å². The summed E-state index contributed by atoms with van der Waals surface area (Å²) in [6, 6.07) is 16.6. The Balaban J connectivity index is 1.73. The summed E-state index contributed by atoms with van der Waals surface area (Å²) in [5.41, 5.74) is 7.48. The zero-order valence-electron chi connectivity index (χ0n) is 21.7. The van der Waals surface area contributed by atoms with Gasteiger partial charge in [-0.05, 0) is 65.6 Å². The SMILES string of the molecule is CC(C)c1cc(C(C)C)c2c(C#N)c(/C=C/C(=O)Nc3ccncc3)n(C3CCc4ccccc43)c2n1. The molecule has 1 N–H and O–H groups in total. The molecule has 0 radical (unpaired) electrons. The zero-order valence-corrected chi connectivity index (χ0v) is 21.7. The maximum atomic E-state index is 12.8. The Bertz CT molecular complexity index is 1540. The smallest absolute Gasteiger partial charge is 0.248 e. The number of rotatable bonds is 6. The van der Waals surface area contributed by atoms with Gasteiger partial charge in [0.15, 0.2) is 0 Å². The lowest BCUT2D eigenvalue weighted by Crippen LogP contribution is -2.12. The number of hydrogen-bond donors (Lipinski definition) is 1. The van der Waals surface area contributed by atoms with E-state index in [0.29, 0.717) is 11.3 Å². The van der Waals surface area contributed by atoms with E-state index < -0.39 is 0 Å². The second kappa shape index (κ2) is 10.0. The number of carbonyl (C=O) groups is 1. The molecule has 1 amide bonds. The Morgan fingerprint density at radius 3 is 2.59 bits per heavy atom. The Morgan fingerprint density at radius 1 is 1.14 bits per heavy atom. The number of hydrogen-bond acceptors (Lipinski definition) is 4. The summed E-state index contributed by atoms with van der Waals surface area (Å²) in [7, 11) is 0.